The summed E-state index contributed by atoms with van der Waals surface area (Å²) < 4.78 is 0. The Balaban J connectivity index is 2.00. The van der Waals surface area contributed by atoms with E-state index in [1.807, 2.05) is 11.4 Å². The van der Waals surface area contributed by atoms with E-state index in [-0.39, 0.29) is 0 Å². The molecule has 0 amide bonds. The Kier molecular flexibility index (Phi) is 4.02. The van der Waals surface area contributed by atoms with Crippen molar-refractivity contribution in [2.45, 2.75) is 0 Å². The lowest BCUT2D eigenvalue weighted by molar-refractivity contribution is 0.586. The van der Waals surface area contributed by atoms with Crippen LogP contribution in [0.2, 0.25) is 5.02 Å². The number of halogens is 1. The van der Waals surface area contributed by atoms with Crippen molar-refractivity contribution in [3.05, 3.63) is 33.6 Å². The molecule has 1 aromatic carbocycles. The number of nitriles is 1. The third-order valence-corrected chi connectivity index (χ3v) is 4.75. The van der Waals surface area contributed by atoms with E-state index >= 15 is 0 Å². The van der Waals surface area contributed by atoms with Gasteiger partial charge in [0.05, 0.1) is 16.6 Å². The van der Waals surface area contributed by atoms with Gasteiger partial charge in [0.1, 0.15) is 17.6 Å². The Hall–Kier alpha value is -2.27. The Morgan fingerprint density at radius 1 is 1.25 bits per heavy atom. The number of aromatic nitrogens is 3. The van der Waals surface area contributed by atoms with Crippen molar-refractivity contribution in [1.82, 2.24) is 20.3 Å². The number of hydrogen-bond acceptors (Lipinski definition) is 7. The highest BCUT2D eigenvalue weighted by molar-refractivity contribution is 7.07. The van der Waals surface area contributed by atoms with E-state index < -0.39 is 0 Å². The minimum absolute atomic E-state index is 0.452. The van der Waals surface area contributed by atoms with E-state index in [1.54, 1.807) is 11.6 Å². The monoisotopic (exact) mass is 356 g/mol. The first-order valence-electron chi connectivity index (χ1n) is 7.52. The lowest BCUT2D eigenvalue weighted by Crippen LogP contribution is -2.44. The van der Waals surface area contributed by atoms with Gasteiger partial charge in [0.25, 0.3) is 0 Å². The zero-order valence-corrected chi connectivity index (χ0v) is 14.2. The number of hydrogen-bond donors (Lipinski definition) is 1. The summed E-state index contributed by atoms with van der Waals surface area (Å²) in [5, 5.41) is 16.0. The summed E-state index contributed by atoms with van der Waals surface area (Å²) in [6.07, 6.45) is 0. The minimum atomic E-state index is 0.452. The Morgan fingerprint density at radius 3 is 2.79 bits per heavy atom. The second-order valence-electron chi connectivity index (χ2n) is 5.44. The zero-order chi connectivity index (χ0) is 16.5. The fourth-order valence-corrected chi connectivity index (χ4v) is 3.57. The van der Waals surface area contributed by atoms with Crippen molar-refractivity contribution < 1.29 is 0 Å². The van der Waals surface area contributed by atoms with Gasteiger partial charge in [0, 0.05) is 42.0 Å². The summed E-state index contributed by atoms with van der Waals surface area (Å²) in [4.78, 5) is 15.8. The molecule has 0 atom stereocenters. The molecule has 1 aliphatic heterocycles. The van der Waals surface area contributed by atoms with Crippen molar-refractivity contribution in [1.29, 1.82) is 5.26 Å². The Bertz CT molecular complexity index is 928. The molecule has 3 aromatic rings. The lowest BCUT2D eigenvalue weighted by Gasteiger charge is -2.29. The molecule has 24 heavy (non-hydrogen) atoms. The summed E-state index contributed by atoms with van der Waals surface area (Å²) in [5.41, 5.74) is 3.54. The van der Waals surface area contributed by atoms with Crippen molar-refractivity contribution >= 4 is 39.7 Å². The van der Waals surface area contributed by atoms with Crippen LogP contribution in [0.25, 0.3) is 22.4 Å². The summed E-state index contributed by atoms with van der Waals surface area (Å²) in [6.45, 7) is 3.47. The van der Waals surface area contributed by atoms with Crippen LogP contribution in [-0.2, 0) is 0 Å². The third-order valence-electron chi connectivity index (χ3n) is 3.94. The molecule has 1 N–H and O–H groups in total. The molecule has 0 aliphatic carbocycles. The summed E-state index contributed by atoms with van der Waals surface area (Å²) >= 11 is 7.70. The fraction of sp³-hybridized carbons (Fsp3) is 0.250. The largest absolute Gasteiger partial charge is 0.353 e. The molecule has 120 valence electrons. The van der Waals surface area contributed by atoms with E-state index in [4.69, 9.17) is 16.6 Å². The highest BCUT2D eigenvalue weighted by Crippen LogP contribution is 2.32. The summed E-state index contributed by atoms with van der Waals surface area (Å²) in [5.74, 6) is 1.35. The molecule has 0 saturated carbocycles. The number of nitrogens with zero attached hydrogens (tertiary/aromatic N) is 5. The van der Waals surface area contributed by atoms with Gasteiger partial charge in [0.2, 0.25) is 0 Å². The van der Waals surface area contributed by atoms with Gasteiger partial charge in [-0.1, -0.05) is 11.6 Å². The minimum Gasteiger partial charge on any atom is -0.353 e. The SMILES string of the molecule is N#Cc1cc(Cl)cc2c(N3CCNCC3)nc(-c3cscn3)nc12. The molecule has 3 heterocycles. The molecule has 0 spiro atoms. The van der Waals surface area contributed by atoms with Crippen LogP contribution in [0.1, 0.15) is 5.56 Å². The topological polar surface area (TPSA) is 77.7 Å². The van der Waals surface area contributed by atoms with E-state index in [1.165, 1.54) is 11.3 Å². The van der Waals surface area contributed by atoms with Gasteiger partial charge in [-0.05, 0) is 12.1 Å². The first kappa shape index (κ1) is 15.3. The smallest absolute Gasteiger partial charge is 0.181 e. The van der Waals surface area contributed by atoms with Crippen molar-refractivity contribution in [3.63, 3.8) is 0 Å². The average molecular weight is 357 g/mol. The van der Waals surface area contributed by atoms with E-state index in [0.717, 1.165) is 43.1 Å². The predicted molar refractivity (Wildman–Crippen MR) is 95.5 cm³/mol. The van der Waals surface area contributed by atoms with Gasteiger partial charge < -0.3 is 10.2 Å². The van der Waals surface area contributed by atoms with E-state index in [2.05, 4.69) is 26.3 Å². The molecular formula is C16H13ClN6S. The van der Waals surface area contributed by atoms with Gasteiger partial charge in [-0.3, -0.25) is 0 Å². The highest BCUT2D eigenvalue weighted by Gasteiger charge is 2.20. The maximum absolute atomic E-state index is 9.48. The highest BCUT2D eigenvalue weighted by atomic mass is 35.5. The predicted octanol–water partition coefficient (Wildman–Crippen LogP) is 2.69. The Labute approximate surface area is 147 Å². The molecule has 1 fully saturated rings. The van der Waals surface area contributed by atoms with Crippen LogP contribution in [0.5, 0.6) is 0 Å². The summed E-state index contributed by atoms with van der Waals surface area (Å²) in [6, 6.07) is 5.67. The van der Waals surface area contributed by atoms with E-state index in [9.17, 15) is 5.26 Å². The number of piperazine rings is 1. The second kappa shape index (κ2) is 6.32. The van der Waals surface area contributed by atoms with Gasteiger partial charge in [-0.2, -0.15) is 5.26 Å². The molecule has 0 bridgehead atoms. The average Bonchev–Trinajstić information content (AvgIpc) is 3.15. The number of benzene rings is 1. The zero-order valence-electron chi connectivity index (χ0n) is 12.7. The maximum Gasteiger partial charge on any atom is 0.181 e. The Morgan fingerprint density at radius 2 is 2.08 bits per heavy atom. The normalized spacial score (nSPS) is 14.8. The van der Waals surface area contributed by atoms with Crippen LogP contribution in [0.3, 0.4) is 0 Å². The van der Waals surface area contributed by atoms with Crippen LogP contribution in [-0.4, -0.2) is 41.1 Å². The van der Waals surface area contributed by atoms with Crippen molar-refractivity contribution in [2.24, 2.45) is 0 Å². The van der Waals surface area contributed by atoms with Gasteiger partial charge in [-0.25, -0.2) is 15.0 Å². The standard InChI is InChI=1S/C16H13ClN6S/c17-11-5-10(7-18)14-12(6-11)16(23-3-1-19-2-4-23)22-15(21-14)13-8-24-9-20-13/h5-6,8-9,19H,1-4H2. The number of fused-ring (bicyclic) bond motifs is 1. The van der Waals surface area contributed by atoms with Crippen molar-refractivity contribution in [2.75, 3.05) is 31.1 Å². The van der Waals surface area contributed by atoms with Gasteiger partial charge in [0.15, 0.2) is 5.82 Å². The van der Waals surface area contributed by atoms with Crippen LogP contribution in [0.4, 0.5) is 5.82 Å². The molecule has 2 aromatic heterocycles. The quantitative estimate of drug-likeness (QED) is 0.760. The number of thiazole rings is 1. The molecule has 0 radical (unpaired) electrons. The van der Waals surface area contributed by atoms with Crippen molar-refractivity contribution in [3.8, 4) is 17.6 Å². The van der Waals surface area contributed by atoms with Gasteiger partial charge in [-0.15, -0.1) is 11.3 Å². The maximum atomic E-state index is 9.48. The van der Waals surface area contributed by atoms with Crippen LogP contribution in [0.15, 0.2) is 23.0 Å². The first-order valence-corrected chi connectivity index (χ1v) is 8.84. The number of nitrogens with one attached hydrogen (secondary N) is 1. The molecule has 1 saturated heterocycles. The fourth-order valence-electron chi connectivity index (χ4n) is 2.82. The number of anilines is 1. The van der Waals surface area contributed by atoms with Crippen LogP contribution >= 0.6 is 22.9 Å². The molecule has 1 aliphatic rings. The molecule has 0 unspecified atom stereocenters. The lowest BCUT2D eigenvalue weighted by atomic mass is 10.1. The molecular weight excluding hydrogens is 344 g/mol. The van der Waals surface area contributed by atoms with Gasteiger partial charge >= 0.3 is 0 Å². The molecule has 4 rings (SSSR count). The third kappa shape index (κ3) is 2.69. The molecule has 6 nitrogen and oxygen atoms in total. The first-order chi connectivity index (χ1) is 11.8. The van der Waals surface area contributed by atoms with Crippen LogP contribution < -0.4 is 10.2 Å². The van der Waals surface area contributed by atoms with Crippen LogP contribution in [0, 0.1) is 11.3 Å². The molecule has 8 heteroatoms. The second-order valence-corrected chi connectivity index (χ2v) is 6.60. The van der Waals surface area contributed by atoms with E-state index in [0.29, 0.717) is 21.9 Å². The summed E-state index contributed by atoms with van der Waals surface area (Å²) in [7, 11) is 0. The number of rotatable bonds is 2.